The van der Waals surface area contributed by atoms with Gasteiger partial charge < -0.3 is 20.9 Å². The van der Waals surface area contributed by atoms with Crippen molar-refractivity contribution in [3.8, 4) is 0 Å². The number of amides is 1. The van der Waals surface area contributed by atoms with Crippen LogP contribution in [0.25, 0.3) is 0 Å². The lowest BCUT2D eigenvalue weighted by Gasteiger charge is -2.14. The maximum Gasteiger partial charge on any atom is 0.334 e. The fraction of sp³-hybridized carbons (Fsp3) is 0.778. The van der Waals surface area contributed by atoms with E-state index in [1.807, 2.05) is 6.92 Å². The molecule has 0 saturated heterocycles. The predicted molar refractivity (Wildman–Crippen MR) is 54.3 cm³/mol. The van der Waals surface area contributed by atoms with Gasteiger partial charge in [0.15, 0.2) is 6.10 Å². The number of carbonyl (C=O) groups excluding carboxylic acids is 1. The van der Waals surface area contributed by atoms with Crippen LogP contribution in [0.4, 0.5) is 0 Å². The fourth-order valence-corrected chi connectivity index (χ4v) is 1.04. The standard InChI is InChI=1S/C9H18N2O4/c1-3-4-6(10)8(12)11-5-7(15-2)9(13)14/h6-7H,3-5,10H2,1-2H3,(H,11,12)(H,13,14). The summed E-state index contributed by atoms with van der Waals surface area (Å²) in [6, 6.07) is -0.582. The molecule has 4 N–H and O–H groups in total. The Morgan fingerprint density at radius 3 is 2.53 bits per heavy atom. The smallest absolute Gasteiger partial charge is 0.334 e. The number of hydrogen-bond acceptors (Lipinski definition) is 4. The number of carbonyl (C=O) groups is 2. The molecule has 0 radical (unpaired) electrons. The molecule has 1 amide bonds. The van der Waals surface area contributed by atoms with E-state index in [0.29, 0.717) is 6.42 Å². The maximum atomic E-state index is 11.3. The van der Waals surface area contributed by atoms with E-state index in [4.69, 9.17) is 10.8 Å². The lowest BCUT2D eigenvalue weighted by molar-refractivity contribution is -0.148. The van der Waals surface area contributed by atoms with E-state index in [9.17, 15) is 9.59 Å². The lowest BCUT2D eigenvalue weighted by Crippen LogP contribution is -2.45. The molecule has 0 bridgehead atoms. The third-order valence-electron chi connectivity index (χ3n) is 1.96. The highest BCUT2D eigenvalue weighted by Crippen LogP contribution is 1.94. The van der Waals surface area contributed by atoms with Crippen molar-refractivity contribution in [1.82, 2.24) is 5.32 Å². The molecule has 2 atom stereocenters. The largest absolute Gasteiger partial charge is 0.479 e. The monoisotopic (exact) mass is 218 g/mol. The van der Waals surface area contributed by atoms with Crippen LogP contribution in [0, 0.1) is 0 Å². The van der Waals surface area contributed by atoms with Crippen LogP contribution in [0.1, 0.15) is 19.8 Å². The van der Waals surface area contributed by atoms with E-state index >= 15 is 0 Å². The van der Waals surface area contributed by atoms with E-state index in [-0.39, 0.29) is 12.5 Å². The van der Waals surface area contributed by atoms with Crippen molar-refractivity contribution < 1.29 is 19.4 Å². The SMILES string of the molecule is CCCC(N)C(=O)NCC(OC)C(=O)O. The fourth-order valence-electron chi connectivity index (χ4n) is 1.04. The zero-order valence-electron chi connectivity index (χ0n) is 9.03. The number of nitrogens with two attached hydrogens (primary N) is 1. The van der Waals surface area contributed by atoms with Crippen LogP contribution in [0.3, 0.4) is 0 Å². The third-order valence-corrected chi connectivity index (χ3v) is 1.96. The van der Waals surface area contributed by atoms with Crippen molar-refractivity contribution in [2.75, 3.05) is 13.7 Å². The molecule has 0 fully saturated rings. The summed E-state index contributed by atoms with van der Waals surface area (Å²) >= 11 is 0. The maximum absolute atomic E-state index is 11.3. The van der Waals surface area contributed by atoms with Gasteiger partial charge in [-0.2, -0.15) is 0 Å². The van der Waals surface area contributed by atoms with Gasteiger partial charge in [0.05, 0.1) is 12.6 Å². The van der Waals surface area contributed by atoms with Gasteiger partial charge in [-0.15, -0.1) is 0 Å². The Bertz CT molecular complexity index is 220. The topological polar surface area (TPSA) is 102 Å². The number of hydrogen-bond donors (Lipinski definition) is 3. The first-order chi connectivity index (χ1) is 7.02. The van der Waals surface area contributed by atoms with E-state index in [2.05, 4.69) is 10.1 Å². The summed E-state index contributed by atoms with van der Waals surface area (Å²) in [5, 5.41) is 11.1. The molecule has 0 spiro atoms. The van der Waals surface area contributed by atoms with Crippen molar-refractivity contribution >= 4 is 11.9 Å². The Balaban J connectivity index is 3.92. The number of carboxylic acid groups (broad SMARTS) is 1. The summed E-state index contributed by atoms with van der Waals surface area (Å²) in [6.45, 7) is 1.85. The van der Waals surface area contributed by atoms with Gasteiger partial charge in [0.25, 0.3) is 0 Å². The van der Waals surface area contributed by atoms with Gasteiger partial charge in [0.2, 0.25) is 5.91 Å². The number of carboxylic acids is 1. The summed E-state index contributed by atoms with van der Waals surface area (Å²) in [7, 11) is 1.27. The molecule has 0 aromatic carbocycles. The number of rotatable bonds is 7. The molecule has 0 rings (SSSR count). The molecule has 2 unspecified atom stereocenters. The third kappa shape index (κ3) is 5.34. The minimum atomic E-state index is -1.11. The van der Waals surface area contributed by atoms with Crippen LogP contribution in [-0.2, 0) is 14.3 Å². The average molecular weight is 218 g/mol. The molecule has 6 heteroatoms. The van der Waals surface area contributed by atoms with Gasteiger partial charge >= 0.3 is 5.97 Å². The number of aliphatic carboxylic acids is 1. The number of ether oxygens (including phenoxy) is 1. The van der Waals surface area contributed by atoms with Crippen molar-refractivity contribution in [2.24, 2.45) is 5.73 Å². The second-order valence-corrected chi connectivity index (χ2v) is 3.20. The molecule has 0 aliphatic heterocycles. The van der Waals surface area contributed by atoms with Gasteiger partial charge in [-0.25, -0.2) is 4.79 Å². The van der Waals surface area contributed by atoms with Gasteiger partial charge in [0.1, 0.15) is 0 Å². The van der Waals surface area contributed by atoms with Gasteiger partial charge in [-0.1, -0.05) is 13.3 Å². The molecular weight excluding hydrogens is 200 g/mol. The normalized spacial score (nSPS) is 14.3. The second kappa shape index (κ2) is 7.19. The van der Waals surface area contributed by atoms with Crippen LogP contribution in [0.5, 0.6) is 0 Å². The summed E-state index contributed by atoms with van der Waals surface area (Å²) in [4.78, 5) is 21.8. The quantitative estimate of drug-likeness (QED) is 0.526. The molecule has 0 aromatic heterocycles. The molecular formula is C9H18N2O4. The predicted octanol–water partition coefficient (Wildman–Crippen LogP) is -0.670. The highest BCUT2D eigenvalue weighted by molar-refractivity contribution is 5.82. The first-order valence-corrected chi connectivity index (χ1v) is 4.81. The summed E-state index contributed by atoms with van der Waals surface area (Å²) in [5.41, 5.74) is 5.53. The van der Waals surface area contributed by atoms with Crippen LogP contribution >= 0.6 is 0 Å². The first kappa shape index (κ1) is 13.9. The highest BCUT2D eigenvalue weighted by atomic mass is 16.5. The Hall–Kier alpha value is -1.14. The summed E-state index contributed by atoms with van der Waals surface area (Å²) in [6.07, 6.45) is 0.361. The van der Waals surface area contributed by atoms with Crippen LogP contribution in [0.2, 0.25) is 0 Å². The molecule has 0 heterocycles. The van der Waals surface area contributed by atoms with Crippen molar-refractivity contribution in [3.63, 3.8) is 0 Å². The zero-order valence-corrected chi connectivity index (χ0v) is 9.03. The highest BCUT2D eigenvalue weighted by Gasteiger charge is 2.19. The number of methoxy groups -OCH3 is 1. The Labute approximate surface area is 88.8 Å². The van der Waals surface area contributed by atoms with E-state index in [0.717, 1.165) is 6.42 Å². The summed E-state index contributed by atoms with van der Waals surface area (Å²) in [5.74, 6) is -1.46. The minimum absolute atomic E-state index is 0.0674. The Morgan fingerprint density at radius 1 is 1.53 bits per heavy atom. The second-order valence-electron chi connectivity index (χ2n) is 3.20. The molecule has 0 aromatic rings. The van der Waals surface area contributed by atoms with E-state index in [1.54, 1.807) is 0 Å². The summed E-state index contributed by atoms with van der Waals surface area (Å²) < 4.78 is 4.65. The van der Waals surface area contributed by atoms with Crippen LogP contribution in [0.15, 0.2) is 0 Å². The molecule has 88 valence electrons. The van der Waals surface area contributed by atoms with Gasteiger partial charge in [-0.05, 0) is 6.42 Å². The Morgan fingerprint density at radius 2 is 2.13 bits per heavy atom. The van der Waals surface area contributed by atoms with Crippen LogP contribution in [-0.4, -0.2) is 42.8 Å². The minimum Gasteiger partial charge on any atom is -0.479 e. The van der Waals surface area contributed by atoms with Crippen molar-refractivity contribution in [2.45, 2.75) is 31.9 Å². The van der Waals surface area contributed by atoms with Gasteiger partial charge in [0, 0.05) is 7.11 Å². The van der Waals surface area contributed by atoms with E-state index in [1.165, 1.54) is 7.11 Å². The molecule has 0 saturated carbocycles. The van der Waals surface area contributed by atoms with Crippen molar-refractivity contribution in [1.29, 1.82) is 0 Å². The van der Waals surface area contributed by atoms with Gasteiger partial charge in [-0.3, -0.25) is 4.79 Å². The zero-order chi connectivity index (χ0) is 11.8. The average Bonchev–Trinajstić information content (AvgIpc) is 2.18. The van der Waals surface area contributed by atoms with Crippen molar-refractivity contribution in [3.05, 3.63) is 0 Å². The number of nitrogens with one attached hydrogen (secondary N) is 1. The molecule has 6 nitrogen and oxygen atoms in total. The van der Waals surface area contributed by atoms with E-state index < -0.39 is 18.1 Å². The molecule has 0 aliphatic rings. The molecule has 15 heavy (non-hydrogen) atoms. The molecule has 0 aliphatic carbocycles. The Kier molecular flexibility index (Phi) is 6.64. The van der Waals surface area contributed by atoms with Crippen LogP contribution < -0.4 is 11.1 Å². The first-order valence-electron chi connectivity index (χ1n) is 4.81. The lowest BCUT2D eigenvalue weighted by atomic mass is 10.1.